The minimum Gasteiger partial charge on any atom is -0.397 e. The first kappa shape index (κ1) is 16.6. The maximum Gasteiger partial charge on any atom is 0.263 e. The lowest BCUT2D eigenvalue weighted by molar-refractivity contribution is 0.100. The largest absolute Gasteiger partial charge is 0.397 e. The van der Waals surface area contributed by atoms with E-state index >= 15 is 0 Å². The van der Waals surface area contributed by atoms with Crippen LogP contribution < -0.4 is 11.5 Å². The zero-order valence-electron chi connectivity index (χ0n) is 12.4. The van der Waals surface area contributed by atoms with Gasteiger partial charge in [-0.25, -0.2) is 18.7 Å². The number of primary amides is 1. The molecule has 124 valence electrons. The number of alkyl halides is 2. The average molecular weight is 366 g/mol. The number of benzene rings is 1. The first-order valence-corrected chi connectivity index (χ1v) is 8.78. The first-order valence-electron chi connectivity index (χ1n) is 6.74. The molecule has 1 aromatic carbocycles. The van der Waals surface area contributed by atoms with Crippen LogP contribution in [0.5, 0.6) is 0 Å². The van der Waals surface area contributed by atoms with Crippen molar-refractivity contribution in [3.63, 3.8) is 0 Å². The summed E-state index contributed by atoms with van der Waals surface area (Å²) in [7, 11) is 0. The molecule has 0 spiro atoms. The van der Waals surface area contributed by atoms with Crippen molar-refractivity contribution in [2.24, 2.45) is 5.73 Å². The van der Waals surface area contributed by atoms with Crippen molar-refractivity contribution in [3.8, 4) is 11.3 Å². The Morgan fingerprint density at radius 1 is 1.33 bits per heavy atom. The molecule has 0 saturated heterocycles. The van der Waals surface area contributed by atoms with Crippen LogP contribution in [0.4, 0.5) is 14.5 Å². The number of nitrogens with zero attached hydrogens (tertiary/aromatic N) is 2. The number of thiophene rings is 1. The van der Waals surface area contributed by atoms with E-state index in [1.54, 1.807) is 12.3 Å². The molecular formula is C15H12F2N4OS2. The normalized spacial score (nSPS) is 11.3. The monoisotopic (exact) mass is 366 g/mol. The Morgan fingerprint density at radius 3 is 2.71 bits per heavy atom. The van der Waals surface area contributed by atoms with Crippen molar-refractivity contribution in [2.75, 3.05) is 12.0 Å². The maximum atomic E-state index is 13.0. The molecule has 9 heteroatoms. The van der Waals surface area contributed by atoms with E-state index in [0.717, 1.165) is 11.3 Å². The molecule has 0 aliphatic rings. The molecule has 5 nitrogen and oxygen atoms in total. The molecular weight excluding hydrogens is 354 g/mol. The van der Waals surface area contributed by atoms with Crippen LogP contribution in [0.2, 0.25) is 0 Å². The molecule has 0 aliphatic heterocycles. The second kappa shape index (κ2) is 6.33. The average Bonchev–Trinajstić information content (AvgIpc) is 2.91. The fourth-order valence-electron chi connectivity index (χ4n) is 2.31. The summed E-state index contributed by atoms with van der Waals surface area (Å²) in [6.45, 7) is 0. The van der Waals surface area contributed by atoms with Gasteiger partial charge in [0.25, 0.3) is 12.3 Å². The number of rotatable bonds is 4. The highest BCUT2D eigenvalue weighted by Gasteiger charge is 2.21. The zero-order chi connectivity index (χ0) is 17.4. The van der Waals surface area contributed by atoms with E-state index in [9.17, 15) is 13.6 Å². The van der Waals surface area contributed by atoms with Crippen LogP contribution in [-0.2, 0) is 0 Å². The van der Waals surface area contributed by atoms with Crippen LogP contribution in [0, 0.1) is 0 Å². The number of nitrogen functional groups attached to an aromatic ring is 1. The Balaban J connectivity index is 2.33. The number of hydrogen-bond acceptors (Lipinski definition) is 6. The van der Waals surface area contributed by atoms with E-state index in [-0.39, 0.29) is 16.1 Å². The fourth-order valence-corrected chi connectivity index (χ4v) is 3.68. The van der Waals surface area contributed by atoms with E-state index in [2.05, 4.69) is 9.97 Å². The van der Waals surface area contributed by atoms with Gasteiger partial charge in [-0.15, -0.1) is 11.3 Å². The Morgan fingerprint density at radius 2 is 2.08 bits per heavy atom. The summed E-state index contributed by atoms with van der Waals surface area (Å²) >= 11 is 2.37. The van der Waals surface area contributed by atoms with Gasteiger partial charge in [-0.3, -0.25) is 4.79 Å². The van der Waals surface area contributed by atoms with Crippen molar-refractivity contribution >= 4 is 44.9 Å². The van der Waals surface area contributed by atoms with E-state index in [1.165, 1.54) is 30.0 Å². The van der Waals surface area contributed by atoms with Crippen molar-refractivity contribution in [1.82, 2.24) is 9.97 Å². The van der Waals surface area contributed by atoms with Crippen LogP contribution in [0.25, 0.3) is 21.5 Å². The lowest BCUT2D eigenvalue weighted by Gasteiger charge is -2.08. The Labute approximate surface area is 144 Å². The topological polar surface area (TPSA) is 94.9 Å². The van der Waals surface area contributed by atoms with Gasteiger partial charge in [0.05, 0.1) is 16.8 Å². The maximum absolute atomic E-state index is 13.0. The van der Waals surface area contributed by atoms with E-state index < -0.39 is 12.3 Å². The summed E-state index contributed by atoms with van der Waals surface area (Å²) in [4.78, 5) is 21.0. The number of thioether (sulfide) groups is 1. The molecule has 2 aromatic heterocycles. The summed E-state index contributed by atoms with van der Waals surface area (Å²) in [6.07, 6.45) is -0.796. The van der Waals surface area contributed by atoms with Gasteiger partial charge in [0, 0.05) is 11.1 Å². The molecule has 0 bridgehead atoms. The number of amides is 1. The van der Waals surface area contributed by atoms with Gasteiger partial charge in [-0.05, 0) is 12.3 Å². The van der Waals surface area contributed by atoms with Crippen LogP contribution in [0.3, 0.4) is 0 Å². The van der Waals surface area contributed by atoms with Crippen molar-refractivity contribution in [1.29, 1.82) is 0 Å². The molecule has 3 rings (SSSR count). The Kier molecular flexibility index (Phi) is 4.37. The predicted octanol–water partition coefficient (Wildman–Crippen LogP) is 3.70. The first-order chi connectivity index (χ1) is 11.4. The molecule has 1 amide bonds. The second-order valence-corrected chi connectivity index (χ2v) is 6.65. The van der Waals surface area contributed by atoms with Crippen molar-refractivity contribution in [3.05, 3.63) is 34.7 Å². The van der Waals surface area contributed by atoms with Crippen molar-refractivity contribution in [2.45, 2.75) is 11.6 Å². The number of fused-ring (bicyclic) bond motifs is 1. The van der Waals surface area contributed by atoms with Gasteiger partial charge in [0.2, 0.25) is 0 Å². The molecule has 4 N–H and O–H groups in total. The minimum absolute atomic E-state index is 0.117. The number of anilines is 1. The smallest absolute Gasteiger partial charge is 0.263 e. The summed E-state index contributed by atoms with van der Waals surface area (Å²) < 4.78 is 26.0. The summed E-state index contributed by atoms with van der Waals surface area (Å²) in [5, 5.41) is 0.912. The van der Waals surface area contributed by atoms with E-state index in [4.69, 9.17) is 11.5 Å². The number of carbonyl (C=O) groups excluding carboxylic acids is 1. The number of nitrogens with two attached hydrogens (primary N) is 2. The molecule has 24 heavy (non-hydrogen) atoms. The van der Waals surface area contributed by atoms with Gasteiger partial charge in [-0.1, -0.05) is 30.0 Å². The highest BCUT2D eigenvalue weighted by atomic mass is 32.2. The molecule has 2 heterocycles. The zero-order valence-corrected chi connectivity index (χ0v) is 14.0. The third-order valence-corrected chi connectivity index (χ3v) is 5.05. The molecule has 0 saturated carbocycles. The predicted molar refractivity (Wildman–Crippen MR) is 92.5 cm³/mol. The van der Waals surface area contributed by atoms with E-state index in [1.807, 2.05) is 0 Å². The number of halogens is 2. The Bertz CT molecular complexity index is 943. The van der Waals surface area contributed by atoms with Gasteiger partial charge in [-0.2, -0.15) is 0 Å². The number of carbonyl (C=O) groups is 1. The van der Waals surface area contributed by atoms with Crippen molar-refractivity contribution < 1.29 is 13.6 Å². The highest BCUT2D eigenvalue weighted by Crippen LogP contribution is 2.39. The SMILES string of the molecule is CSc1nc(-c2cccc(C(F)F)c2)c2c(N)c(C(N)=O)sc2n1. The third-order valence-electron chi connectivity index (χ3n) is 3.39. The highest BCUT2D eigenvalue weighted by molar-refractivity contribution is 7.98. The van der Waals surface area contributed by atoms with Gasteiger partial charge in [0.15, 0.2) is 5.16 Å². The summed E-state index contributed by atoms with van der Waals surface area (Å²) in [6, 6.07) is 5.89. The Hall–Kier alpha value is -2.26. The second-order valence-electron chi connectivity index (χ2n) is 4.87. The molecule has 0 unspecified atom stereocenters. The standard InChI is InChI=1S/C15H12F2N4OS2/c1-23-15-20-10(6-3-2-4-7(5-6)12(16)17)8-9(18)11(13(19)22)24-14(8)21-15/h2-5,12H,18H2,1H3,(H2,19,22). The molecule has 0 aliphatic carbocycles. The van der Waals surface area contributed by atoms with Crippen LogP contribution >= 0.6 is 23.1 Å². The fraction of sp³-hybridized carbons (Fsp3) is 0.133. The molecule has 3 aromatic rings. The number of hydrogen-bond donors (Lipinski definition) is 2. The molecule has 0 atom stereocenters. The lowest BCUT2D eigenvalue weighted by atomic mass is 10.1. The quantitative estimate of drug-likeness (QED) is 0.542. The minimum atomic E-state index is -2.59. The van der Waals surface area contributed by atoms with Gasteiger partial charge < -0.3 is 11.5 Å². The van der Waals surface area contributed by atoms with Gasteiger partial charge >= 0.3 is 0 Å². The van der Waals surface area contributed by atoms with Gasteiger partial charge in [0.1, 0.15) is 9.71 Å². The van der Waals surface area contributed by atoms with E-state index in [0.29, 0.717) is 26.6 Å². The third kappa shape index (κ3) is 2.80. The van der Waals surface area contributed by atoms with Crippen LogP contribution in [0.15, 0.2) is 29.4 Å². The number of aromatic nitrogens is 2. The summed E-state index contributed by atoms with van der Waals surface area (Å²) in [5.74, 6) is -0.659. The lowest BCUT2D eigenvalue weighted by Crippen LogP contribution is -2.10. The van der Waals surface area contributed by atoms with Crippen LogP contribution in [-0.4, -0.2) is 22.1 Å². The molecule has 0 radical (unpaired) electrons. The van der Waals surface area contributed by atoms with Crippen LogP contribution in [0.1, 0.15) is 21.7 Å². The molecule has 0 fully saturated rings. The summed E-state index contributed by atoms with van der Waals surface area (Å²) in [5.41, 5.74) is 12.3.